The van der Waals surface area contributed by atoms with Crippen molar-refractivity contribution in [1.29, 1.82) is 0 Å². The van der Waals surface area contributed by atoms with Crippen LogP contribution in [0.5, 0.6) is 0 Å². The molecule has 1 fully saturated rings. The summed E-state index contributed by atoms with van der Waals surface area (Å²) in [4.78, 5) is 0. The van der Waals surface area contributed by atoms with Crippen LogP contribution in [0, 0.1) is 5.82 Å². The molecule has 3 atom stereocenters. The highest BCUT2D eigenvalue weighted by Gasteiger charge is 2.29. The molecule has 1 aliphatic heterocycles. The van der Waals surface area contributed by atoms with Crippen LogP contribution in [0.2, 0.25) is 0 Å². The third kappa shape index (κ3) is 2.73. The lowest BCUT2D eigenvalue weighted by Gasteiger charge is -2.32. The van der Waals surface area contributed by atoms with Crippen LogP contribution < -0.4 is 5.73 Å². The Morgan fingerprint density at radius 2 is 2.12 bits per heavy atom. The molecule has 0 bridgehead atoms. The van der Waals surface area contributed by atoms with Crippen LogP contribution in [0.4, 0.5) is 4.39 Å². The van der Waals surface area contributed by atoms with Crippen molar-refractivity contribution < 1.29 is 4.39 Å². The Hall–Kier alpha value is -0.190. The first-order valence-corrected chi connectivity index (χ1v) is 7.52. The van der Waals surface area contributed by atoms with Gasteiger partial charge in [-0.1, -0.05) is 19.1 Å². The topological polar surface area (TPSA) is 26.0 Å². The zero-order valence-corrected chi connectivity index (χ0v) is 10.9. The first-order chi connectivity index (χ1) is 7.68. The highest BCUT2D eigenvalue weighted by Crippen LogP contribution is 2.37. The van der Waals surface area contributed by atoms with Gasteiger partial charge < -0.3 is 5.73 Å². The van der Waals surface area contributed by atoms with E-state index in [0.29, 0.717) is 10.5 Å². The highest BCUT2D eigenvalue weighted by atomic mass is 32.2. The lowest BCUT2D eigenvalue weighted by molar-refractivity contribution is 0.612. The van der Waals surface area contributed by atoms with Crippen molar-refractivity contribution in [3.63, 3.8) is 0 Å². The molecule has 1 aliphatic rings. The Morgan fingerprint density at radius 3 is 2.81 bits per heavy atom. The normalized spacial score (nSPS) is 27.7. The molecule has 4 heteroatoms. The molecular formula is C12H16FNS2. The van der Waals surface area contributed by atoms with E-state index in [2.05, 4.69) is 6.92 Å². The van der Waals surface area contributed by atoms with Crippen LogP contribution in [-0.4, -0.2) is 22.0 Å². The van der Waals surface area contributed by atoms with Crippen molar-refractivity contribution in [2.45, 2.75) is 23.5 Å². The van der Waals surface area contributed by atoms with E-state index in [4.69, 9.17) is 5.73 Å². The summed E-state index contributed by atoms with van der Waals surface area (Å²) >= 11 is 3.87. The van der Waals surface area contributed by atoms with Gasteiger partial charge >= 0.3 is 0 Å². The molecule has 0 radical (unpaired) electrons. The lowest BCUT2D eigenvalue weighted by atomic mass is 10.0. The van der Waals surface area contributed by atoms with Gasteiger partial charge in [0.15, 0.2) is 0 Å². The summed E-state index contributed by atoms with van der Waals surface area (Å²) in [5, 5.41) is 0.928. The first-order valence-electron chi connectivity index (χ1n) is 5.43. The van der Waals surface area contributed by atoms with Crippen molar-refractivity contribution >= 4 is 23.5 Å². The molecule has 0 aliphatic carbocycles. The molecule has 1 saturated heterocycles. The van der Waals surface area contributed by atoms with E-state index in [1.807, 2.05) is 29.6 Å². The van der Waals surface area contributed by atoms with Gasteiger partial charge in [0.25, 0.3) is 0 Å². The molecule has 1 aromatic rings. The maximum Gasteiger partial charge on any atom is 0.123 e. The maximum absolute atomic E-state index is 13.1. The molecule has 16 heavy (non-hydrogen) atoms. The van der Waals surface area contributed by atoms with Gasteiger partial charge in [0.05, 0.1) is 0 Å². The average Bonchev–Trinajstić information content (AvgIpc) is 2.29. The largest absolute Gasteiger partial charge is 0.323 e. The molecule has 3 unspecified atom stereocenters. The van der Waals surface area contributed by atoms with E-state index in [1.165, 1.54) is 11.8 Å². The predicted molar refractivity (Wildman–Crippen MR) is 71.5 cm³/mol. The van der Waals surface area contributed by atoms with Gasteiger partial charge in [0.1, 0.15) is 5.82 Å². The molecule has 0 saturated carbocycles. The molecular weight excluding hydrogens is 241 g/mol. The van der Waals surface area contributed by atoms with E-state index in [0.717, 1.165) is 11.3 Å². The number of hydrogen-bond acceptors (Lipinski definition) is 3. The fraction of sp³-hybridized carbons (Fsp3) is 0.500. The Morgan fingerprint density at radius 1 is 1.38 bits per heavy atom. The van der Waals surface area contributed by atoms with Crippen molar-refractivity contribution in [3.05, 3.63) is 35.6 Å². The number of halogens is 1. The monoisotopic (exact) mass is 257 g/mol. The number of benzene rings is 1. The van der Waals surface area contributed by atoms with Crippen molar-refractivity contribution in [3.8, 4) is 0 Å². The zero-order chi connectivity index (χ0) is 11.5. The molecule has 1 nitrogen and oxygen atoms in total. The van der Waals surface area contributed by atoms with E-state index in [9.17, 15) is 4.39 Å². The second-order valence-corrected chi connectivity index (χ2v) is 6.76. The Kier molecular flexibility index (Phi) is 4.16. The van der Waals surface area contributed by atoms with Gasteiger partial charge in [-0.25, -0.2) is 4.39 Å². The number of thioether (sulfide) groups is 2. The standard InChI is InChI=1S/C12H16FNS2/c1-8-12(16-6-5-15-8)11(14)9-3-2-4-10(13)7-9/h2-4,7-8,11-12H,5-6,14H2,1H3. The van der Waals surface area contributed by atoms with Gasteiger partial charge in [-0.05, 0) is 17.7 Å². The number of rotatable bonds is 2. The SMILES string of the molecule is CC1SCCSC1C(N)c1cccc(F)c1. The van der Waals surface area contributed by atoms with Crippen LogP contribution in [0.25, 0.3) is 0 Å². The molecule has 2 rings (SSSR count). The number of nitrogens with two attached hydrogens (primary N) is 1. The van der Waals surface area contributed by atoms with Crippen LogP contribution >= 0.6 is 23.5 Å². The van der Waals surface area contributed by atoms with Crippen molar-refractivity contribution in [1.82, 2.24) is 0 Å². The molecule has 2 N–H and O–H groups in total. The second-order valence-electron chi connectivity index (χ2n) is 3.99. The summed E-state index contributed by atoms with van der Waals surface area (Å²) in [6.07, 6.45) is 0. The van der Waals surface area contributed by atoms with E-state index >= 15 is 0 Å². The summed E-state index contributed by atoms with van der Waals surface area (Å²) < 4.78 is 13.1. The highest BCUT2D eigenvalue weighted by molar-refractivity contribution is 8.07. The van der Waals surface area contributed by atoms with E-state index in [1.54, 1.807) is 12.1 Å². The Balaban J connectivity index is 2.14. The molecule has 0 aromatic heterocycles. The molecule has 1 aromatic carbocycles. The zero-order valence-electron chi connectivity index (χ0n) is 9.23. The summed E-state index contributed by atoms with van der Waals surface area (Å²) in [5.74, 6) is 2.13. The average molecular weight is 257 g/mol. The van der Waals surface area contributed by atoms with Gasteiger partial charge in [0, 0.05) is 28.0 Å². The Labute approximate surface area is 104 Å². The number of hydrogen-bond donors (Lipinski definition) is 1. The predicted octanol–water partition coefficient (Wildman–Crippen LogP) is 3.06. The summed E-state index contributed by atoms with van der Waals surface area (Å²) in [7, 11) is 0. The van der Waals surface area contributed by atoms with Gasteiger partial charge in [-0.15, -0.1) is 0 Å². The van der Waals surface area contributed by atoms with Crippen LogP contribution in [-0.2, 0) is 0 Å². The fourth-order valence-corrected chi connectivity index (χ4v) is 4.83. The molecule has 88 valence electrons. The third-order valence-corrected chi connectivity index (χ3v) is 6.04. The van der Waals surface area contributed by atoms with Crippen LogP contribution in [0.3, 0.4) is 0 Å². The lowest BCUT2D eigenvalue weighted by Crippen LogP contribution is -2.34. The fourth-order valence-electron chi connectivity index (χ4n) is 1.95. The first kappa shape index (κ1) is 12.3. The van der Waals surface area contributed by atoms with E-state index in [-0.39, 0.29) is 11.9 Å². The third-order valence-electron chi connectivity index (χ3n) is 2.82. The minimum atomic E-state index is -0.200. The molecule has 0 spiro atoms. The van der Waals surface area contributed by atoms with Crippen molar-refractivity contribution in [2.75, 3.05) is 11.5 Å². The van der Waals surface area contributed by atoms with Gasteiger partial charge in [0.2, 0.25) is 0 Å². The summed E-state index contributed by atoms with van der Waals surface area (Å²) in [5.41, 5.74) is 7.14. The summed E-state index contributed by atoms with van der Waals surface area (Å²) in [6.45, 7) is 2.21. The van der Waals surface area contributed by atoms with Gasteiger partial charge in [-0.3, -0.25) is 0 Å². The minimum Gasteiger partial charge on any atom is -0.323 e. The Bertz CT molecular complexity index is 359. The quantitative estimate of drug-likeness (QED) is 0.882. The smallest absolute Gasteiger partial charge is 0.123 e. The van der Waals surface area contributed by atoms with Crippen molar-refractivity contribution in [2.24, 2.45) is 5.73 Å². The van der Waals surface area contributed by atoms with Gasteiger partial charge in [-0.2, -0.15) is 23.5 Å². The van der Waals surface area contributed by atoms with Crippen LogP contribution in [0.1, 0.15) is 18.5 Å². The van der Waals surface area contributed by atoms with Crippen LogP contribution in [0.15, 0.2) is 24.3 Å². The molecule has 0 amide bonds. The molecule has 1 heterocycles. The second kappa shape index (κ2) is 5.43. The summed E-state index contributed by atoms with van der Waals surface area (Å²) in [6, 6.07) is 6.60. The maximum atomic E-state index is 13.1. The minimum absolute atomic E-state index is 0.0662. The van der Waals surface area contributed by atoms with E-state index < -0.39 is 0 Å².